The quantitative estimate of drug-likeness (QED) is 0.631. The van der Waals surface area contributed by atoms with E-state index < -0.39 is 11.7 Å². The Morgan fingerprint density at radius 3 is 2.21 bits per heavy atom. The molecule has 0 aliphatic heterocycles. The highest BCUT2D eigenvalue weighted by Crippen LogP contribution is 2.29. The van der Waals surface area contributed by atoms with Crippen LogP contribution >= 0.6 is 0 Å². The van der Waals surface area contributed by atoms with Crippen molar-refractivity contribution in [2.24, 2.45) is 0 Å². The number of ether oxygens (including phenoxy) is 2. The van der Waals surface area contributed by atoms with Crippen molar-refractivity contribution in [3.8, 4) is 5.82 Å². The van der Waals surface area contributed by atoms with Crippen LogP contribution in [0.25, 0.3) is 5.82 Å². The lowest BCUT2D eigenvalue weighted by atomic mass is 10.0. The number of rotatable bonds is 9. The van der Waals surface area contributed by atoms with Crippen LogP contribution in [0, 0.1) is 0 Å². The predicted molar refractivity (Wildman–Crippen MR) is 100 cm³/mol. The van der Waals surface area contributed by atoms with Crippen LogP contribution in [0.15, 0.2) is 24.5 Å². The first-order valence-electron chi connectivity index (χ1n) is 9.09. The van der Waals surface area contributed by atoms with E-state index in [4.69, 9.17) is 9.47 Å². The van der Waals surface area contributed by atoms with Crippen LogP contribution in [0.5, 0.6) is 0 Å². The summed E-state index contributed by atoms with van der Waals surface area (Å²) in [6, 6.07) is 2.18. The van der Waals surface area contributed by atoms with E-state index in [1.54, 1.807) is 19.1 Å². The standard InChI is InChI=1S/C19H25F3N4O3/c1-13(2)17-15(18(27)25(7-9-28-3)8-10-29-4)12-24-26(17)16-6-5-14(11-23-16)19(20,21)22/h5-6,11-13H,7-10H2,1-4H3. The van der Waals surface area contributed by atoms with Crippen molar-refractivity contribution in [1.29, 1.82) is 0 Å². The maximum atomic E-state index is 13.1. The zero-order valence-electron chi connectivity index (χ0n) is 16.9. The van der Waals surface area contributed by atoms with Gasteiger partial charge in [-0.1, -0.05) is 13.8 Å². The van der Waals surface area contributed by atoms with Gasteiger partial charge in [0.2, 0.25) is 0 Å². The molecular weight excluding hydrogens is 389 g/mol. The number of carbonyl (C=O) groups is 1. The van der Waals surface area contributed by atoms with Crippen LogP contribution in [-0.2, 0) is 15.7 Å². The van der Waals surface area contributed by atoms with Gasteiger partial charge in [-0.3, -0.25) is 4.79 Å². The lowest BCUT2D eigenvalue weighted by Gasteiger charge is -2.23. The first-order chi connectivity index (χ1) is 13.7. The minimum absolute atomic E-state index is 0.118. The van der Waals surface area contributed by atoms with Gasteiger partial charge in [0, 0.05) is 33.5 Å². The van der Waals surface area contributed by atoms with Gasteiger partial charge in [-0.15, -0.1) is 0 Å². The minimum Gasteiger partial charge on any atom is -0.383 e. The number of pyridine rings is 1. The van der Waals surface area contributed by atoms with E-state index >= 15 is 0 Å². The molecule has 10 heteroatoms. The summed E-state index contributed by atoms with van der Waals surface area (Å²) < 4.78 is 49.9. The van der Waals surface area contributed by atoms with Crippen LogP contribution < -0.4 is 0 Å². The summed E-state index contributed by atoms with van der Waals surface area (Å²) >= 11 is 0. The molecule has 0 saturated heterocycles. The lowest BCUT2D eigenvalue weighted by Crippen LogP contribution is -2.37. The Bertz CT molecular complexity index is 796. The van der Waals surface area contributed by atoms with Crippen LogP contribution in [-0.4, -0.2) is 66.1 Å². The number of aromatic nitrogens is 3. The number of alkyl halides is 3. The fraction of sp³-hybridized carbons (Fsp3) is 0.526. The van der Waals surface area contributed by atoms with Crippen LogP contribution in [0.3, 0.4) is 0 Å². The number of nitrogens with zero attached hydrogens (tertiary/aromatic N) is 4. The van der Waals surface area contributed by atoms with Gasteiger partial charge >= 0.3 is 6.18 Å². The molecule has 0 saturated carbocycles. The zero-order valence-corrected chi connectivity index (χ0v) is 16.9. The van der Waals surface area contributed by atoms with Crippen molar-refractivity contribution in [2.45, 2.75) is 25.9 Å². The molecule has 0 aromatic carbocycles. The van der Waals surface area contributed by atoms with E-state index in [0.717, 1.165) is 12.3 Å². The van der Waals surface area contributed by atoms with Crippen molar-refractivity contribution in [3.63, 3.8) is 0 Å². The van der Waals surface area contributed by atoms with Crippen LogP contribution in [0.1, 0.15) is 41.4 Å². The largest absolute Gasteiger partial charge is 0.417 e. The van der Waals surface area contributed by atoms with E-state index in [-0.39, 0.29) is 17.6 Å². The second-order valence-electron chi connectivity index (χ2n) is 6.69. The highest BCUT2D eigenvalue weighted by molar-refractivity contribution is 5.95. The van der Waals surface area contributed by atoms with Crippen molar-refractivity contribution in [1.82, 2.24) is 19.7 Å². The molecule has 2 rings (SSSR count). The number of amides is 1. The highest BCUT2D eigenvalue weighted by Gasteiger charge is 2.31. The van der Waals surface area contributed by atoms with Gasteiger partial charge in [-0.2, -0.15) is 18.3 Å². The summed E-state index contributed by atoms with van der Waals surface area (Å²) in [6.45, 7) is 5.23. The Morgan fingerprint density at radius 1 is 1.14 bits per heavy atom. The Balaban J connectivity index is 2.39. The third-order valence-corrected chi connectivity index (χ3v) is 4.29. The molecule has 0 fully saturated rings. The fourth-order valence-electron chi connectivity index (χ4n) is 2.83. The van der Waals surface area contributed by atoms with Gasteiger partial charge < -0.3 is 14.4 Å². The average Bonchev–Trinajstić information content (AvgIpc) is 3.12. The Kier molecular flexibility index (Phi) is 7.74. The molecule has 0 atom stereocenters. The molecule has 0 aliphatic carbocycles. The van der Waals surface area contributed by atoms with Gasteiger partial charge in [0.15, 0.2) is 5.82 Å². The predicted octanol–water partition coefficient (Wildman–Crippen LogP) is 3.14. The molecule has 0 unspecified atom stereocenters. The molecule has 29 heavy (non-hydrogen) atoms. The molecule has 2 aromatic heterocycles. The second kappa shape index (κ2) is 9.84. The summed E-state index contributed by atoms with van der Waals surface area (Å²) in [6.07, 6.45) is -2.30. The molecule has 0 N–H and O–H groups in total. The number of hydrogen-bond acceptors (Lipinski definition) is 5. The van der Waals surface area contributed by atoms with Crippen LogP contribution in [0.2, 0.25) is 0 Å². The first-order valence-corrected chi connectivity index (χ1v) is 9.09. The molecule has 0 radical (unpaired) electrons. The van der Waals surface area contributed by atoms with E-state index in [2.05, 4.69) is 10.1 Å². The van der Waals surface area contributed by atoms with Gasteiger partial charge in [0.25, 0.3) is 5.91 Å². The van der Waals surface area contributed by atoms with Gasteiger partial charge in [-0.05, 0) is 18.1 Å². The van der Waals surface area contributed by atoms with Crippen LogP contribution in [0.4, 0.5) is 13.2 Å². The summed E-state index contributed by atoms with van der Waals surface area (Å²) in [4.78, 5) is 18.6. The van der Waals surface area contributed by atoms with E-state index in [1.165, 1.54) is 16.9 Å². The van der Waals surface area contributed by atoms with Gasteiger partial charge in [0.05, 0.1) is 36.2 Å². The topological polar surface area (TPSA) is 69.5 Å². The molecule has 0 spiro atoms. The maximum Gasteiger partial charge on any atom is 0.417 e. The molecule has 2 heterocycles. The van der Waals surface area contributed by atoms with E-state index in [1.807, 2.05) is 13.8 Å². The van der Waals surface area contributed by atoms with Crippen molar-refractivity contribution in [2.75, 3.05) is 40.5 Å². The number of hydrogen-bond donors (Lipinski definition) is 0. The Hall–Kier alpha value is -2.46. The summed E-state index contributed by atoms with van der Waals surface area (Å²) in [7, 11) is 3.10. The average molecular weight is 414 g/mol. The highest BCUT2D eigenvalue weighted by atomic mass is 19.4. The summed E-state index contributed by atoms with van der Waals surface area (Å²) in [5.74, 6) is -0.158. The lowest BCUT2D eigenvalue weighted by molar-refractivity contribution is -0.137. The van der Waals surface area contributed by atoms with E-state index in [0.29, 0.717) is 37.6 Å². The second-order valence-corrected chi connectivity index (χ2v) is 6.69. The molecule has 7 nitrogen and oxygen atoms in total. The summed E-state index contributed by atoms with van der Waals surface area (Å²) in [5, 5.41) is 4.23. The number of carbonyl (C=O) groups excluding carboxylic acids is 1. The number of halogens is 3. The smallest absolute Gasteiger partial charge is 0.383 e. The molecule has 0 bridgehead atoms. The third-order valence-electron chi connectivity index (χ3n) is 4.29. The fourth-order valence-corrected chi connectivity index (χ4v) is 2.83. The third kappa shape index (κ3) is 5.54. The Labute approximate surface area is 167 Å². The molecular formula is C19H25F3N4O3. The minimum atomic E-state index is -4.47. The van der Waals surface area contributed by atoms with E-state index in [9.17, 15) is 18.0 Å². The molecule has 2 aromatic rings. The monoisotopic (exact) mass is 414 g/mol. The van der Waals surface area contributed by atoms with Crippen molar-refractivity contribution >= 4 is 5.91 Å². The first kappa shape index (κ1) is 22.8. The molecule has 0 aliphatic rings. The Morgan fingerprint density at radius 2 is 1.76 bits per heavy atom. The molecule has 1 amide bonds. The van der Waals surface area contributed by atoms with Crippen molar-refractivity contribution in [3.05, 3.63) is 41.3 Å². The maximum absolute atomic E-state index is 13.1. The zero-order chi connectivity index (χ0) is 21.6. The van der Waals surface area contributed by atoms with Gasteiger partial charge in [0.1, 0.15) is 0 Å². The SMILES string of the molecule is COCCN(CCOC)C(=O)c1cnn(-c2ccc(C(F)(F)F)cn2)c1C(C)C. The van der Waals surface area contributed by atoms with Gasteiger partial charge in [-0.25, -0.2) is 9.67 Å². The number of methoxy groups -OCH3 is 2. The normalized spacial score (nSPS) is 11.9. The summed E-state index contributed by atoms with van der Waals surface area (Å²) in [5.41, 5.74) is 0.0945. The molecule has 160 valence electrons. The van der Waals surface area contributed by atoms with Crippen molar-refractivity contribution < 1.29 is 27.4 Å².